The lowest BCUT2D eigenvalue weighted by Gasteiger charge is -2.14. The second-order valence-electron chi connectivity index (χ2n) is 6.89. The number of amides is 2. The van der Waals surface area contributed by atoms with Gasteiger partial charge in [-0.3, -0.25) is 14.3 Å². The van der Waals surface area contributed by atoms with Gasteiger partial charge in [0.2, 0.25) is 5.91 Å². The lowest BCUT2D eigenvalue weighted by atomic mass is 10.2. The zero-order valence-corrected chi connectivity index (χ0v) is 18.5. The maximum absolute atomic E-state index is 13.1. The van der Waals surface area contributed by atoms with Crippen LogP contribution in [0.4, 0.5) is 15.8 Å². The van der Waals surface area contributed by atoms with Crippen molar-refractivity contribution in [3.63, 3.8) is 0 Å². The molecule has 0 saturated heterocycles. The first-order valence-corrected chi connectivity index (χ1v) is 11.4. The summed E-state index contributed by atoms with van der Waals surface area (Å²) in [5, 5.41) is 5.31. The van der Waals surface area contributed by atoms with Crippen molar-refractivity contribution in [1.29, 1.82) is 0 Å². The minimum atomic E-state index is -4.01. The molecule has 33 heavy (non-hydrogen) atoms. The lowest BCUT2D eigenvalue weighted by molar-refractivity contribution is -0.116. The number of halogens is 1. The van der Waals surface area contributed by atoms with Gasteiger partial charge in [-0.25, -0.2) is 12.8 Å². The molecule has 0 bridgehead atoms. The van der Waals surface area contributed by atoms with Crippen molar-refractivity contribution in [2.45, 2.75) is 11.3 Å². The van der Waals surface area contributed by atoms with Crippen LogP contribution in [0.5, 0.6) is 5.75 Å². The Morgan fingerprint density at radius 1 is 0.970 bits per heavy atom. The largest absolute Gasteiger partial charge is 0.495 e. The van der Waals surface area contributed by atoms with E-state index in [2.05, 4.69) is 15.4 Å². The quantitative estimate of drug-likeness (QED) is 0.443. The minimum absolute atomic E-state index is 0.0151. The van der Waals surface area contributed by atoms with Crippen LogP contribution in [0.3, 0.4) is 0 Å². The van der Waals surface area contributed by atoms with E-state index in [9.17, 15) is 22.4 Å². The number of rotatable bonds is 9. The van der Waals surface area contributed by atoms with Crippen molar-refractivity contribution < 1.29 is 27.1 Å². The van der Waals surface area contributed by atoms with E-state index in [1.165, 1.54) is 19.2 Å². The van der Waals surface area contributed by atoms with Gasteiger partial charge in [-0.15, -0.1) is 0 Å². The predicted octanol–water partition coefficient (Wildman–Crippen LogP) is 3.39. The van der Waals surface area contributed by atoms with Crippen LogP contribution in [-0.4, -0.2) is 33.9 Å². The smallest absolute Gasteiger partial charge is 0.262 e. The van der Waals surface area contributed by atoms with Crippen LogP contribution < -0.4 is 20.1 Å². The molecule has 0 spiro atoms. The number of anilines is 2. The van der Waals surface area contributed by atoms with Crippen LogP contribution >= 0.6 is 0 Å². The summed E-state index contributed by atoms with van der Waals surface area (Å²) >= 11 is 0. The molecule has 0 saturated carbocycles. The van der Waals surface area contributed by atoms with Gasteiger partial charge in [0.05, 0.1) is 17.7 Å². The van der Waals surface area contributed by atoms with Crippen molar-refractivity contribution >= 4 is 33.2 Å². The molecular formula is C23H22FN3O5S. The molecule has 0 aliphatic carbocycles. The van der Waals surface area contributed by atoms with Crippen LogP contribution in [0.2, 0.25) is 0 Å². The molecule has 3 N–H and O–H groups in total. The van der Waals surface area contributed by atoms with E-state index < -0.39 is 15.8 Å². The van der Waals surface area contributed by atoms with Gasteiger partial charge in [0.15, 0.2) is 0 Å². The number of carbonyl (C=O) groups is 2. The van der Waals surface area contributed by atoms with E-state index in [0.29, 0.717) is 11.3 Å². The first kappa shape index (κ1) is 23.7. The molecule has 10 heteroatoms. The highest BCUT2D eigenvalue weighted by Gasteiger charge is 2.17. The maximum Gasteiger partial charge on any atom is 0.262 e. The third-order valence-corrected chi connectivity index (χ3v) is 5.91. The SMILES string of the molecule is COc1ccc(NC(=O)CCNC(=O)c2ccccc2)cc1NS(=O)(=O)c1ccc(F)cc1. The fourth-order valence-electron chi connectivity index (χ4n) is 2.89. The molecule has 0 aromatic heterocycles. The van der Waals surface area contributed by atoms with Gasteiger partial charge >= 0.3 is 0 Å². The van der Waals surface area contributed by atoms with Gasteiger partial charge in [0.1, 0.15) is 11.6 Å². The normalized spacial score (nSPS) is 10.8. The molecule has 0 heterocycles. The lowest BCUT2D eigenvalue weighted by Crippen LogP contribution is -2.27. The van der Waals surface area contributed by atoms with E-state index in [0.717, 1.165) is 24.3 Å². The highest BCUT2D eigenvalue weighted by Crippen LogP contribution is 2.30. The predicted molar refractivity (Wildman–Crippen MR) is 122 cm³/mol. The Bertz CT molecular complexity index is 1230. The van der Waals surface area contributed by atoms with Gasteiger partial charge < -0.3 is 15.4 Å². The number of carbonyl (C=O) groups excluding carboxylic acids is 2. The molecule has 172 valence electrons. The van der Waals surface area contributed by atoms with Gasteiger partial charge in [-0.2, -0.15) is 0 Å². The van der Waals surface area contributed by atoms with Gasteiger partial charge in [0.25, 0.3) is 15.9 Å². The third kappa shape index (κ3) is 6.53. The highest BCUT2D eigenvalue weighted by molar-refractivity contribution is 7.92. The zero-order chi connectivity index (χ0) is 23.8. The molecule has 2 amide bonds. The third-order valence-electron chi connectivity index (χ3n) is 4.53. The molecule has 3 rings (SSSR count). The average Bonchev–Trinajstić information content (AvgIpc) is 2.80. The summed E-state index contributed by atoms with van der Waals surface area (Å²) in [4.78, 5) is 24.2. The monoisotopic (exact) mass is 471 g/mol. The molecular weight excluding hydrogens is 449 g/mol. The van der Waals surface area contributed by atoms with E-state index in [-0.39, 0.29) is 41.1 Å². The highest BCUT2D eigenvalue weighted by atomic mass is 32.2. The standard InChI is InChI=1S/C23H22FN3O5S/c1-32-21-12-9-18(15-20(21)27-33(30,31)19-10-7-17(24)8-11-19)26-22(28)13-14-25-23(29)16-5-3-2-4-6-16/h2-12,15,27H,13-14H2,1H3,(H,25,29)(H,26,28). The molecule has 0 unspecified atom stereocenters. The Morgan fingerprint density at radius 3 is 2.33 bits per heavy atom. The second kappa shape index (κ2) is 10.6. The summed E-state index contributed by atoms with van der Waals surface area (Å²) < 4.78 is 45.9. The summed E-state index contributed by atoms with van der Waals surface area (Å²) in [6.45, 7) is 0.125. The summed E-state index contributed by atoms with van der Waals surface area (Å²) in [5.41, 5.74) is 0.912. The fourth-order valence-corrected chi connectivity index (χ4v) is 3.95. The Kier molecular flexibility index (Phi) is 7.62. The number of methoxy groups -OCH3 is 1. The Hall–Kier alpha value is -3.92. The first-order chi connectivity index (χ1) is 15.8. The number of sulfonamides is 1. The number of hydrogen-bond acceptors (Lipinski definition) is 5. The van der Waals surface area contributed by atoms with Crippen molar-refractivity contribution in [2.24, 2.45) is 0 Å². The minimum Gasteiger partial charge on any atom is -0.495 e. The second-order valence-corrected chi connectivity index (χ2v) is 8.58. The Balaban J connectivity index is 1.63. The van der Waals surface area contributed by atoms with Crippen molar-refractivity contribution in [2.75, 3.05) is 23.7 Å². The number of ether oxygens (including phenoxy) is 1. The number of nitrogens with one attached hydrogen (secondary N) is 3. The summed E-state index contributed by atoms with van der Waals surface area (Å²) in [6.07, 6.45) is 0.0151. The maximum atomic E-state index is 13.1. The topological polar surface area (TPSA) is 114 Å². The molecule has 8 nitrogen and oxygen atoms in total. The van der Waals surface area contributed by atoms with E-state index in [1.807, 2.05) is 0 Å². The van der Waals surface area contributed by atoms with Crippen molar-refractivity contribution in [1.82, 2.24) is 5.32 Å². The van der Waals surface area contributed by atoms with Crippen LogP contribution in [0.15, 0.2) is 77.7 Å². The molecule has 0 aliphatic rings. The van der Waals surface area contributed by atoms with Crippen LogP contribution in [0, 0.1) is 5.82 Å². The number of benzene rings is 3. The molecule has 3 aromatic carbocycles. The van der Waals surface area contributed by atoms with Gasteiger partial charge in [0, 0.05) is 24.2 Å². The fraction of sp³-hybridized carbons (Fsp3) is 0.130. The van der Waals surface area contributed by atoms with Crippen LogP contribution in [0.25, 0.3) is 0 Å². The van der Waals surface area contributed by atoms with Gasteiger partial charge in [-0.1, -0.05) is 18.2 Å². The summed E-state index contributed by atoms with van der Waals surface area (Å²) in [5.74, 6) is -0.990. The molecule has 0 atom stereocenters. The first-order valence-electron chi connectivity index (χ1n) is 9.88. The van der Waals surface area contributed by atoms with Crippen molar-refractivity contribution in [3.8, 4) is 5.75 Å². The zero-order valence-electron chi connectivity index (χ0n) is 17.7. The van der Waals surface area contributed by atoms with E-state index in [1.54, 1.807) is 36.4 Å². The average molecular weight is 472 g/mol. The van der Waals surface area contributed by atoms with Crippen LogP contribution in [0.1, 0.15) is 16.8 Å². The Morgan fingerprint density at radius 2 is 1.67 bits per heavy atom. The van der Waals surface area contributed by atoms with Crippen LogP contribution in [-0.2, 0) is 14.8 Å². The molecule has 0 radical (unpaired) electrons. The van der Waals surface area contributed by atoms with Gasteiger partial charge in [-0.05, 0) is 54.6 Å². The molecule has 3 aromatic rings. The summed E-state index contributed by atoms with van der Waals surface area (Å²) in [7, 11) is -2.64. The molecule has 0 aliphatic heterocycles. The number of hydrogen-bond donors (Lipinski definition) is 3. The Labute approximate surface area is 190 Å². The molecule has 0 fully saturated rings. The van der Waals surface area contributed by atoms with E-state index >= 15 is 0 Å². The van der Waals surface area contributed by atoms with Crippen molar-refractivity contribution in [3.05, 3.63) is 84.2 Å². The summed E-state index contributed by atoms with van der Waals surface area (Å²) in [6, 6.07) is 17.4. The van der Waals surface area contributed by atoms with E-state index in [4.69, 9.17) is 4.74 Å².